The topological polar surface area (TPSA) is 43.4 Å². The Morgan fingerprint density at radius 3 is 2.73 bits per heavy atom. The van der Waals surface area contributed by atoms with Crippen molar-refractivity contribution < 1.29 is 13.2 Å². The standard InChI is InChI=1S/C9H7ClO3S2/c1-13-6-2-3-8-7(4-6)9(5-14-8)15(10,11)12/h2-5H,1H3. The first-order chi connectivity index (χ1) is 7.02. The van der Waals surface area contributed by atoms with Crippen molar-refractivity contribution in [1.82, 2.24) is 0 Å². The quantitative estimate of drug-likeness (QED) is 0.782. The Morgan fingerprint density at radius 1 is 1.40 bits per heavy atom. The minimum absolute atomic E-state index is 0.142. The molecule has 0 saturated heterocycles. The third kappa shape index (κ3) is 1.95. The van der Waals surface area contributed by atoms with E-state index in [-0.39, 0.29) is 4.90 Å². The minimum Gasteiger partial charge on any atom is -0.497 e. The van der Waals surface area contributed by atoms with Gasteiger partial charge in [-0.05, 0) is 18.2 Å². The first kappa shape index (κ1) is 10.7. The third-order valence-corrected chi connectivity index (χ3v) is 4.48. The van der Waals surface area contributed by atoms with Gasteiger partial charge in [-0.25, -0.2) is 8.42 Å². The van der Waals surface area contributed by atoms with E-state index >= 15 is 0 Å². The maximum Gasteiger partial charge on any atom is 0.262 e. The number of fused-ring (bicyclic) bond motifs is 1. The van der Waals surface area contributed by atoms with E-state index in [0.717, 1.165) is 4.70 Å². The second-order valence-corrected chi connectivity index (χ2v) is 6.35. The summed E-state index contributed by atoms with van der Waals surface area (Å²) in [4.78, 5) is 0.142. The van der Waals surface area contributed by atoms with Gasteiger partial charge in [0.25, 0.3) is 9.05 Å². The number of benzene rings is 1. The Balaban J connectivity index is 2.78. The summed E-state index contributed by atoms with van der Waals surface area (Å²) in [5.41, 5.74) is 0. The van der Waals surface area contributed by atoms with Gasteiger partial charge in [-0.15, -0.1) is 11.3 Å². The van der Waals surface area contributed by atoms with Crippen molar-refractivity contribution in [2.75, 3.05) is 7.11 Å². The van der Waals surface area contributed by atoms with E-state index in [1.54, 1.807) is 12.1 Å². The highest BCUT2D eigenvalue weighted by Crippen LogP contribution is 2.33. The molecule has 0 atom stereocenters. The fraction of sp³-hybridized carbons (Fsp3) is 0.111. The molecule has 6 heteroatoms. The van der Waals surface area contributed by atoms with Gasteiger partial charge in [0, 0.05) is 26.1 Å². The van der Waals surface area contributed by atoms with E-state index in [9.17, 15) is 8.42 Å². The van der Waals surface area contributed by atoms with Gasteiger partial charge in [-0.1, -0.05) is 0 Å². The van der Waals surface area contributed by atoms with Crippen LogP contribution >= 0.6 is 22.0 Å². The zero-order valence-corrected chi connectivity index (χ0v) is 10.1. The lowest BCUT2D eigenvalue weighted by Crippen LogP contribution is -1.88. The van der Waals surface area contributed by atoms with Gasteiger partial charge in [0.2, 0.25) is 0 Å². The average Bonchev–Trinajstić information content (AvgIpc) is 2.59. The Hall–Kier alpha value is -0.780. The van der Waals surface area contributed by atoms with Crippen molar-refractivity contribution >= 4 is 41.2 Å². The molecule has 80 valence electrons. The van der Waals surface area contributed by atoms with Crippen LogP contribution in [0.25, 0.3) is 10.1 Å². The molecule has 1 aromatic carbocycles. The highest BCUT2D eigenvalue weighted by molar-refractivity contribution is 8.14. The smallest absolute Gasteiger partial charge is 0.262 e. The van der Waals surface area contributed by atoms with Crippen LogP contribution in [0.1, 0.15) is 0 Å². The van der Waals surface area contributed by atoms with Gasteiger partial charge < -0.3 is 4.74 Å². The lowest BCUT2D eigenvalue weighted by Gasteiger charge is -1.99. The van der Waals surface area contributed by atoms with Gasteiger partial charge in [-0.3, -0.25) is 0 Å². The lowest BCUT2D eigenvalue weighted by atomic mass is 10.2. The second-order valence-electron chi connectivity index (χ2n) is 2.90. The van der Waals surface area contributed by atoms with E-state index in [0.29, 0.717) is 11.1 Å². The van der Waals surface area contributed by atoms with Crippen LogP contribution < -0.4 is 4.74 Å². The minimum atomic E-state index is -3.68. The summed E-state index contributed by atoms with van der Waals surface area (Å²) in [5, 5.41) is 2.14. The number of methoxy groups -OCH3 is 1. The monoisotopic (exact) mass is 262 g/mol. The molecule has 15 heavy (non-hydrogen) atoms. The van der Waals surface area contributed by atoms with Crippen LogP contribution in [-0.2, 0) is 9.05 Å². The number of rotatable bonds is 2. The van der Waals surface area contributed by atoms with Crippen LogP contribution in [0.5, 0.6) is 5.75 Å². The summed E-state index contributed by atoms with van der Waals surface area (Å²) >= 11 is 1.34. The zero-order valence-electron chi connectivity index (χ0n) is 7.73. The van der Waals surface area contributed by atoms with Gasteiger partial charge >= 0.3 is 0 Å². The summed E-state index contributed by atoms with van der Waals surface area (Å²) < 4.78 is 28.4. The SMILES string of the molecule is COc1ccc2scc(S(=O)(=O)Cl)c2c1. The molecule has 0 amide bonds. The predicted molar refractivity (Wildman–Crippen MR) is 61.4 cm³/mol. The Morgan fingerprint density at radius 2 is 2.13 bits per heavy atom. The van der Waals surface area contributed by atoms with Crippen molar-refractivity contribution in [3.8, 4) is 5.75 Å². The molecule has 0 spiro atoms. The van der Waals surface area contributed by atoms with Crippen LogP contribution in [0, 0.1) is 0 Å². The summed E-state index contributed by atoms with van der Waals surface area (Å²) in [5.74, 6) is 0.613. The van der Waals surface area contributed by atoms with E-state index in [1.807, 2.05) is 6.07 Å². The van der Waals surface area contributed by atoms with E-state index in [2.05, 4.69) is 0 Å². The molecule has 0 unspecified atom stereocenters. The van der Waals surface area contributed by atoms with E-state index in [1.165, 1.54) is 23.8 Å². The molecule has 1 aromatic heterocycles. The third-order valence-electron chi connectivity index (χ3n) is 2.01. The van der Waals surface area contributed by atoms with E-state index in [4.69, 9.17) is 15.4 Å². The number of thiophene rings is 1. The maximum absolute atomic E-state index is 11.2. The summed E-state index contributed by atoms with van der Waals surface area (Å²) in [7, 11) is 3.16. The molecular weight excluding hydrogens is 256 g/mol. The highest BCUT2D eigenvalue weighted by Gasteiger charge is 2.16. The molecule has 0 N–H and O–H groups in total. The molecule has 0 aliphatic rings. The number of ether oxygens (including phenoxy) is 1. The van der Waals surface area contributed by atoms with Crippen LogP contribution in [-0.4, -0.2) is 15.5 Å². The van der Waals surface area contributed by atoms with Crippen molar-refractivity contribution in [1.29, 1.82) is 0 Å². The Kier molecular flexibility index (Phi) is 2.62. The summed E-state index contributed by atoms with van der Waals surface area (Å²) in [6.07, 6.45) is 0. The van der Waals surface area contributed by atoms with Crippen molar-refractivity contribution in [2.45, 2.75) is 4.90 Å². The van der Waals surface area contributed by atoms with Crippen LogP contribution in [0.15, 0.2) is 28.5 Å². The summed E-state index contributed by atoms with van der Waals surface area (Å²) in [6.45, 7) is 0. The molecule has 0 aliphatic heterocycles. The molecule has 0 saturated carbocycles. The van der Waals surface area contributed by atoms with Crippen molar-refractivity contribution in [3.05, 3.63) is 23.6 Å². The molecule has 0 bridgehead atoms. The molecule has 0 radical (unpaired) electrons. The van der Waals surface area contributed by atoms with E-state index < -0.39 is 9.05 Å². The number of hydrogen-bond acceptors (Lipinski definition) is 4. The molecule has 3 nitrogen and oxygen atoms in total. The molecule has 1 heterocycles. The van der Waals surface area contributed by atoms with Crippen LogP contribution in [0.2, 0.25) is 0 Å². The fourth-order valence-corrected chi connectivity index (χ4v) is 3.78. The first-order valence-electron chi connectivity index (χ1n) is 4.02. The predicted octanol–water partition coefficient (Wildman–Crippen LogP) is 2.84. The Bertz CT molecular complexity index is 601. The molecule has 0 aliphatic carbocycles. The normalized spacial score (nSPS) is 11.9. The molecule has 2 rings (SSSR count). The van der Waals surface area contributed by atoms with Gasteiger partial charge in [0.1, 0.15) is 10.6 Å². The molecular formula is C9H7ClO3S2. The summed E-state index contributed by atoms with van der Waals surface area (Å²) in [6, 6.07) is 5.26. The lowest BCUT2D eigenvalue weighted by molar-refractivity contribution is 0.415. The number of hydrogen-bond donors (Lipinski definition) is 0. The first-order valence-corrected chi connectivity index (χ1v) is 7.21. The van der Waals surface area contributed by atoms with Crippen LogP contribution in [0.4, 0.5) is 0 Å². The van der Waals surface area contributed by atoms with Gasteiger partial charge in [0.15, 0.2) is 0 Å². The average molecular weight is 263 g/mol. The van der Waals surface area contributed by atoms with Gasteiger partial charge in [0.05, 0.1) is 7.11 Å². The Labute approximate surface area is 95.7 Å². The maximum atomic E-state index is 11.2. The highest BCUT2D eigenvalue weighted by atomic mass is 35.7. The largest absolute Gasteiger partial charge is 0.497 e. The van der Waals surface area contributed by atoms with Crippen LogP contribution in [0.3, 0.4) is 0 Å². The van der Waals surface area contributed by atoms with Gasteiger partial charge in [-0.2, -0.15) is 0 Å². The number of halogens is 1. The molecule has 0 fully saturated rings. The van der Waals surface area contributed by atoms with Crippen molar-refractivity contribution in [2.24, 2.45) is 0 Å². The fourth-order valence-electron chi connectivity index (χ4n) is 1.30. The molecule has 2 aromatic rings. The van der Waals surface area contributed by atoms with Crippen molar-refractivity contribution in [3.63, 3.8) is 0 Å². The zero-order chi connectivity index (χ0) is 11.1. The second kappa shape index (κ2) is 3.66.